The van der Waals surface area contributed by atoms with Crippen molar-refractivity contribution in [1.29, 1.82) is 0 Å². The van der Waals surface area contributed by atoms with Gasteiger partial charge in [-0.3, -0.25) is 14.7 Å². The Kier molecular flexibility index (Phi) is 7.86. The van der Waals surface area contributed by atoms with Crippen LogP contribution in [0.1, 0.15) is 17.9 Å². The molecule has 0 atom stereocenters. The first-order valence-corrected chi connectivity index (χ1v) is 12.6. The van der Waals surface area contributed by atoms with Gasteiger partial charge in [0.25, 0.3) is 0 Å². The molecule has 1 amide bonds. The molecule has 1 aliphatic rings. The standard InChI is InChI=1S/C29H30FN5O2/c30-24-6-2-1-5-23(24)27-21-32-29(37-27)10-9-28(36)33-25-7-3-4-8-26(25)35-19-17-34(18-20-35)16-13-22-11-14-31-15-12-22/h1-8,11-12,14-15,21H,9-10,13,16-20H2,(H,33,36). The number of para-hydroxylation sites is 2. The highest BCUT2D eigenvalue weighted by atomic mass is 19.1. The van der Waals surface area contributed by atoms with Crippen LogP contribution >= 0.6 is 0 Å². The lowest BCUT2D eigenvalue weighted by atomic mass is 10.1. The third-order valence-corrected chi connectivity index (χ3v) is 6.62. The molecule has 1 saturated heterocycles. The monoisotopic (exact) mass is 499 g/mol. The smallest absolute Gasteiger partial charge is 0.224 e. The molecule has 2 aromatic carbocycles. The Labute approximate surface area is 216 Å². The topological polar surface area (TPSA) is 74.5 Å². The van der Waals surface area contributed by atoms with Crippen molar-refractivity contribution in [2.45, 2.75) is 19.3 Å². The highest BCUT2D eigenvalue weighted by Gasteiger charge is 2.20. The number of pyridine rings is 1. The van der Waals surface area contributed by atoms with Crippen molar-refractivity contribution in [1.82, 2.24) is 14.9 Å². The van der Waals surface area contributed by atoms with Gasteiger partial charge in [-0.2, -0.15) is 0 Å². The number of piperazine rings is 1. The van der Waals surface area contributed by atoms with Crippen LogP contribution in [0.2, 0.25) is 0 Å². The number of aromatic nitrogens is 2. The van der Waals surface area contributed by atoms with E-state index in [2.05, 4.69) is 43.3 Å². The first-order valence-electron chi connectivity index (χ1n) is 12.6. The van der Waals surface area contributed by atoms with E-state index in [-0.39, 0.29) is 18.1 Å². The van der Waals surface area contributed by atoms with E-state index in [1.807, 2.05) is 30.6 Å². The fourth-order valence-electron chi connectivity index (χ4n) is 4.55. The molecule has 0 saturated carbocycles. The number of anilines is 2. The van der Waals surface area contributed by atoms with Crippen LogP contribution in [0.15, 0.2) is 83.7 Å². The second-order valence-corrected chi connectivity index (χ2v) is 9.10. The molecule has 2 aromatic heterocycles. The SMILES string of the molecule is O=C(CCc1ncc(-c2ccccc2F)o1)Nc1ccccc1N1CCN(CCc2ccncc2)CC1. The summed E-state index contributed by atoms with van der Waals surface area (Å²) >= 11 is 0. The van der Waals surface area contributed by atoms with Gasteiger partial charge < -0.3 is 14.6 Å². The fourth-order valence-corrected chi connectivity index (χ4v) is 4.55. The van der Waals surface area contributed by atoms with Gasteiger partial charge in [-0.1, -0.05) is 24.3 Å². The van der Waals surface area contributed by atoms with Crippen LogP contribution in [0, 0.1) is 5.82 Å². The van der Waals surface area contributed by atoms with E-state index < -0.39 is 0 Å². The van der Waals surface area contributed by atoms with E-state index in [0.717, 1.165) is 50.5 Å². The van der Waals surface area contributed by atoms with Crippen LogP contribution in [-0.2, 0) is 17.6 Å². The van der Waals surface area contributed by atoms with Gasteiger partial charge >= 0.3 is 0 Å². The number of carbonyl (C=O) groups is 1. The molecule has 0 radical (unpaired) electrons. The maximum absolute atomic E-state index is 14.0. The van der Waals surface area contributed by atoms with Crippen molar-refractivity contribution in [3.63, 3.8) is 0 Å². The minimum Gasteiger partial charge on any atom is -0.441 e. The quantitative estimate of drug-likeness (QED) is 0.356. The predicted octanol–water partition coefficient (Wildman–Crippen LogP) is 4.81. The number of nitrogens with one attached hydrogen (secondary N) is 1. The van der Waals surface area contributed by atoms with Crippen LogP contribution in [0.4, 0.5) is 15.8 Å². The van der Waals surface area contributed by atoms with Gasteiger partial charge in [-0.15, -0.1) is 0 Å². The number of oxazole rings is 1. The molecule has 0 aliphatic carbocycles. The lowest BCUT2D eigenvalue weighted by Gasteiger charge is -2.37. The number of benzene rings is 2. The third kappa shape index (κ3) is 6.40. The van der Waals surface area contributed by atoms with Gasteiger partial charge in [0, 0.05) is 58.0 Å². The fraction of sp³-hybridized carbons (Fsp3) is 0.276. The van der Waals surface area contributed by atoms with E-state index in [9.17, 15) is 9.18 Å². The number of aryl methyl sites for hydroxylation is 1. The van der Waals surface area contributed by atoms with Crippen LogP contribution in [0.25, 0.3) is 11.3 Å². The summed E-state index contributed by atoms with van der Waals surface area (Å²) in [5, 5.41) is 3.05. The van der Waals surface area contributed by atoms with Crippen LogP contribution in [0.3, 0.4) is 0 Å². The zero-order chi connectivity index (χ0) is 25.5. The first kappa shape index (κ1) is 24.6. The first-order chi connectivity index (χ1) is 18.2. The lowest BCUT2D eigenvalue weighted by Crippen LogP contribution is -2.47. The molecule has 1 N–H and O–H groups in total. The molecule has 5 rings (SSSR count). The zero-order valence-electron chi connectivity index (χ0n) is 20.6. The Balaban J connectivity index is 1.13. The van der Waals surface area contributed by atoms with Gasteiger partial charge in [0.1, 0.15) is 5.82 Å². The Morgan fingerprint density at radius 2 is 1.70 bits per heavy atom. The largest absolute Gasteiger partial charge is 0.441 e. The minimum atomic E-state index is -0.367. The average molecular weight is 500 g/mol. The molecular formula is C29H30FN5O2. The Hall–Kier alpha value is -4.04. The van der Waals surface area contributed by atoms with Crippen LogP contribution in [0.5, 0.6) is 0 Å². The molecule has 7 nitrogen and oxygen atoms in total. The van der Waals surface area contributed by atoms with Crippen molar-refractivity contribution in [3.8, 4) is 11.3 Å². The van der Waals surface area contributed by atoms with Crippen LogP contribution in [-0.4, -0.2) is 53.5 Å². The summed E-state index contributed by atoms with van der Waals surface area (Å²) in [6, 6.07) is 18.4. The van der Waals surface area contributed by atoms with E-state index in [0.29, 0.717) is 23.6 Å². The van der Waals surface area contributed by atoms with Crippen molar-refractivity contribution in [2.24, 2.45) is 0 Å². The maximum atomic E-state index is 14.0. The summed E-state index contributed by atoms with van der Waals surface area (Å²) in [5.74, 6) is 0.284. The molecule has 37 heavy (non-hydrogen) atoms. The van der Waals surface area contributed by atoms with Gasteiger partial charge in [0.15, 0.2) is 11.7 Å². The maximum Gasteiger partial charge on any atom is 0.224 e. The minimum absolute atomic E-state index is 0.117. The summed E-state index contributed by atoms with van der Waals surface area (Å²) in [5.41, 5.74) is 3.50. The van der Waals surface area contributed by atoms with Crippen molar-refractivity contribution in [2.75, 3.05) is 42.9 Å². The Bertz CT molecular complexity index is 1320. The predicted molar refractivity (Wildman–Crippen MR) is 142 cm³/mol. The Morgan fingerprint density at radius 1 is 0.946 bits per heavy atom. The molecule has 8 heteroatoms. The summed E-state index contributed by atoms with van der Waals surface area (Å²) in [7, 11) is 0. The number of amides is 1. The molecule has 190 valence electrons. The number of rotatable bonds is 9. The normalized spacial score (nSPS) is 14.0. The van der Waals surface area contributed by atoms with Gasteiger partial charge in [-0.25, -0.2) is 9.37 Å². The highest BCUT2D eigenvalue weighted by Crippen LogP contribution is 2.27. The number of hydrogen-bond acceptors (Lipinski definition) is 6. The molecular weight excluding hydrogens is 469 g/mol. The van der Waals surface area contributed by atoms with E-state index in [1.165, 1.54) is 17.8 Å². The number of hydrogen-bond donors (Lipinski definition) is 1. The number of carbonyl (C=O) groups excluding carboxylic acids is 1. The van der Waals surface area contributed by atoms with Crippen molar-refractivity contribution >= 4 is 17.3 Å². The molecule has 3 heterocycles. The van der Waals surface area contributed by atoms with Gasteiger partial charge in [-0.05, 0) is 48.4 Å². The summed E-state index contributed by atoms with van der Waals surface area (Å²) in [6.07, 6.45) is 6.74. The Morgan fingerprint density at radius 3 is 2.51 bits per heavy atom. The molecule has 0 spiro atoms. The van der Waals surface area contributed by atoms with Gasteiger partial charge in [0.2, 0.25) is 5.91 Å². The van der Waals surface area contributed by atoms with Crippen LogP contribution < -0.4 is 10.2 Å². The molecule has 0 unspecified atom stereocenters. The summed E-state index contributed by atoms with van der Waals surface area (Å²) < 4.78 is 19.7. The second kappa shape index (κ2) is 11.8. The molecule has 1 aliphatic heterocycles. The van der Waals surface area contributed by atoms with E-state index in [4.69, 9.17) is 4.42 Å². The summed E-state index contributed by atoms with van der Waals surface area (Å²) in [6.45, 7) is 4.77. The van der Waals surface area contributed by atoms with Crippen molar-refractivity contribution < 1.29 is 13.6 Å². The second-order valence-electron chi connectivity index (χ2n) is 9.10. The lowest BCUT2D eigenvalue weighted by molar-refractivity contribution is -0.116. The number of nitrogens with zero attached hydrogens (tertiary/aromatic N) is 4. The summed E-state index contributed by atoms with van der Waals surface area (Å²) in [4.78, 5) is 25.9. The molecule has 1 fully saturated rings. The zero-order valence-corrected chi connectivity index (χ0v) is 20.6. The number of halogens is 1. The molecule has 0 bridgehead atoms. The van der Waals surface area contributed by atoms with Gasteiger partial charge in [0.05, 0.1) is 23.1 Å². The van der Waals surface area contributed by atoms with E-state index >= 15 is 0 Å². The highest BCUT2D eigenvalue weighted by molar-refractivity contribution is 5.94. The van der Waals surface area contributed by atoms with Crippen molar-refractivity contribution in [3.05, 3.63) is 96.5 Å². The molecule has 4 aromatic rings. The average Bonchev–Trinajstić information content (AvgIpc) is 3.41. The third-order valence-electron chi connectivity index (χ3n) is 6.62. The van der Waals surface area contributed by atoms with E-state index in [1.54, 1.807) is 18.2 Å².